The van der Waals surface area contributed by atoms with Gasteiger partial charge in [0, 0.05) is 25.5 Å². The third-order valence-electron chi connectivity index (χ3n) is 2.61. The maximum Gasteiger partial charge on any atom is 0.341 e. The van der Waals surface area contributed by atoms with Crippen molar-refractivity contribution in [3.63, 3.8) is 0 Å². The summed E-state index contributed by atoms with van der Waals surface area (Å²) in [5.74, 6) is 0. The molecule has 0 spiro atoms. The van der Waals surface area contributed by atoms with E-state index in [0.29, 0.717) is 13.1 Å². The zero-order valence-corrected chi connectivity index (χ0v) is 10.1. The molecule has 1 N–H and O–H groups in total. The van der Waals surface area contributed by atoms with E-state index in [4.69, 9.17) is 0 Å². The summed E-state index contributed by atoms with van der Waals surface area (Å²) < 4.78 is 28.1. The van der Waals surface area contributed by atoms with Crippen LogP contribution < -0.4 is 4.72 Å². The molecule has 7 nitrogen and oxygen atoms in total. The summed E-state index contributed by atoms with van der Waals surface area (Å²) in [6.45, 7) is 0.930. The Hall–Kier alpha value is -1.41. The van der Waals surface area contributed by atoms with Gasteiger partial charge in [-0.2, -0.15) is 12.7 Å². The fourth-order valence-electron chi connectivity index (χ4n) is 1.71. The van der Waals surface area contributed by atoms with Crippen molar-refractivity contribution in [1.29, 1.82) is 0 Å². The second-order valence-electron chi connectivity index (χ2n) is 3.84. The number of piperidine rings is 1. The fraction of sp³-hybridized carbons (Fsp3) is 0.556. The second-order valence-corrected chi connectivity index (χ2v) is 5.51. The van der Waals surface area contributed by atoms with Gasteiger partial charge in [-0.15, -0.1) is 0 Å². The number of carbonyl (C=O) groups excluding carboxylic acids is 1. The van der Waals surface area contributed by atoms with Gasteiger partial charge in [-0.05, 0) is 12.8 Å². The van der Waals surface area contributed by atoms with Crippen molar-refractivity contribution in [3.8, 4) is 0 Å². The van der Waals surface area contributed by atoms with Crippen molar-refractivity contribution in [1.82, 2.24) is 18.6 Å². The Morgan fingerprint density at radius 1 is 1.24 bits per heavy atom. The average molecular weight is 258 g/mol. The molecule has 0 aliphatic carbocycles. The molecule has 0 radical (unpaired) electrons. The monoisotopic (exact) mass is 258 g/mol. The van der Waals surface area contributed by atoms with E-state index in [-0.39, 0.29) is 0 Å². The first-order valence-electron chi connectivity index (χ1n) is 5.40. The summed E-state index contributed by atoms with van der Waals surface area (Å²) in [7, 11) is -3.72. The number of aromatic nitrogens is 2. The minimum Gasteiger partial charge on any atom is -0.257 e. The summed E-state index contributed by atoms with van der Waals surface area (Å²) >= 11 is 0. The van der Waals surface area contributed by atoms with Gasteiger partial charge in [0.1, 0.15) is 6.33 Å². The normalized spacial score (nSPS) is 17.9. The molecule has 0 atom stereocenters. The van der Waals surface area contributed by atoms with Crippen LogP contribution >= 0.6 is 0 Å². The molecule has 0 aromatic carbocycles. The summed E-state index contributed by atoms with van der Waals surface area (Å²) in [6, 6.07) is -0.715. The van der Waals surface area contributed by atoms with E-state index in [1.54, 1.807) is 0 Å². The zero-order chi connectivity index (χ0) is 12.3. The molecule has 94 valence electrons. The molecule has 1 saturated heterocycles. The first-order valence-corrected chi connectivity index (χ1v) is 6.84. The summed E-state index contributed by atoms with van der Waals surface area (Å²) in [6.07, 6.45) is 6.75. The van der Waals surface area contributed by atoms with Crippen LogP contribution in [0.25, 0.3) is 0 Å². The maximum absolute atomic E-state index is 11.9. The number of carbonyl (C=O) groups is 1. The molecule has 17 heavy (non-hydrogen) atoms. The van der Waals surface area contributed by atoms with E-state index >= 15 is 0 Å². The first-order chi connectivity index (χ1) is 8.09. The molecule has 0 unspecified atom stereocenters. The molecule has 1 aliphatic rings. The van der Waals surface area contributed by atoms with Gasteiger partial charge in [0.15, 0.2) is 0 Å². The van der Waals surface area contributed by atoms with Crippen molar-refractivity contribution in [2.24, 2.45) is 0 Å². The molecule has 8 heteroatoms. The Labute approximate surface area is 99.6 Å². The smallest absolute Gasteiger partial charge is 0.257 e. The van der Waals surface area contributed by atoms with Crippen LogP contribution in [0, 0.1) is 0 Å². The lowest BCUT2D eigenvalue weighted by atomic mass is 10.2. The van der Waals surface area contributed by atoms with Gasteiger partial charge >= 0.3 is 16.2 Å². The van der Waals surface area contributed by atoms with Crippen LogP contribution in [0.5, 0.6) is 0 Å². The van der Waals surface area contributed by atoms with Gasteiger partial charge in [0.05, 0.1) is 0 Å². The van der Waals surface area contributed by atoms with E-state index in [2.05, 4.69) is 4.98 Å². The molecular formula is C9H14N4O3S. The van der Waals surface area contributed by atoms with Crippen LogP contribution in [0.3, 0.4) is 0 Å². The minimum atomic E-state index is -3.72. The number of nitrogens with one attached hydrogen (secondary N) is 1. The lowest BCUT2D eigenvalue weighted by Crippen LogP contribution is -2.46. The predicted molar refractivity (Wildman–Crippen MR) is 60.5 cm³/mol. The Morgan fingerprint density at radius 3 is 2.53 bits per heavy atom. The molecule has 0 saturated carbocycles. The number of amides is 1. The number of imidazole rings is 1. The zero-order valence-electron chi connectivity index (χ0n) is 9.24. The van der Waals surface area contributed by atoms with Crippen LogP contribution in [0.1, 0.15) is 19.3 Å². The summed E-state index contributed by atoms with van der Waals surface area (Å²) in [5.41, 5.74) is 0. The number of hydrogen-bond acceptors (Lipinski definition) is 4. The molecule has 1 amide bonds. The van der Waals surface area contributed by atoms with Gasteiger partial charge in [-0.1, -0.05) is 6.42 Å². The predicted octanol–water partition coefficient (Wildman–Crippen LogP) is 0.171. The van der Waals surface area contributed by atoms with Gasteiger partial charge in [-0.25, -0.2) is 14.5 Å². The van der Waals surface area contributed by atoms with Crippen LogP contribution in [-0.2, 0) is 10.2 Å². The molecular weight excluding hydrogens is 244 g/mol. The van der Waals surface area contributed by atoms with Crippen LogP contribution in [-0.4, -0.2) is 41.4 Å². The van der Waals surface area contributed by atoms with E-state index in [1.807, 2.05) is 4.72 Å². The van der Waals surface area contributed by atoms with Crippen molar-refractivity contribution in [2.75, 3.05) is 13.1 Å². The molecule has 1 fully saturated rings. The van der Waals surface area contributed by atoms with Gasteiger partial charge < -0.3 is 0 Å². The quantitative estimate of drug-likeness (QED) is 0.819. The minimum absolute atomic E-state index is 0.465. The highest BCUT2D eigenvalue weighted by Crippen LogP contribution is 2.11. The number of rotatable bonds is 2. The molecule has 2 rings (SSSR count). The van der Waals surface area contributed by atoms with Crippen LogP contribution in [0.15, 0.2) is 18.7 Å². The molecule has 2 heterocycles. The fourth-order valence-corrected chi connectivity index (χ4v) is 2.91. The van der Waals surface area contributed by atoms with Gasteiger partial charge in [0.25, 0.3) is 0 Å². The molecule has 1 aromatic rings. The van der Waals surface area contributed by atoms with Crippen LogP contribution in [0.4, 0.5) is 4.79 Å². The maximum atomic E-state index is 11.9. The van der Waals surface area contributed by atoms with Crippen molar-refractivity contribution < 1.29 is 13.2 Å². The van der Waals surface area contributed by atoms with E-state index in [0.717, 1.165) is 23.8 Å². The van der Waals surface area contributed by atoms with Crippen molar-refractivity contribution in [2.45, 2.75) is 19.3 Å². The number of hydrogen-bond donors (Lipinski definition) is 1. The number of nitrogens with zero attached hydrogens (tertiary/aromatic N) is 3. The summed E-state index contributed by atoms with van der Waals surface area (Å²) in [4.78, 5) is 15.2. The van der Waals surface area contributed by atoms with E-state index < -0.39 is 16.2 Å². The Morgan fingerprint density at radius 2 is 1.94 bits per heavy atom. The third-order valence-corrected chi connectivity index (χ3v) is 4.09. The highest BCUT2D eigenvalue weighted by atomic mass is 32.2. The van der Waals surface area contributed by atoms with E-state index in [9.17, 15) is 13.2 Å². The Bertz CT molecular complexity index is 476. The lowest BCUT2D eigenvalue weighted by Gasteiger charge is -2.25. The van der Waals surface area contributed by atoms with E-state index in [1.165, 1.54) is 23.0 Å². The van der Waals surface area contributed by atoms with Crippen molar-refractivity contribution in [3.05, 3.63) is 18.7 Å². The lowest BCUT2D eigenvalue weighted by molar-refractivity contribution is 0.246. The third kappa shape index (κ3) is 2.83. The topological polar surface area (TPSA) is 84.3 Å². The van der Waals surface area contributed by atoms with Gasteiger partial charge in [-0.3, -0.25) is 4.57 Å². The van der Waals surface area contributed by atoms with Crippen LogP contribution in [0.2, 0.25) is 0 Å². The van der Waals surface area contributed by atoms with Crippen molar-refractivity contribution >= 4 is 16.2 Å². The molecule has 1 aliphatic heterocycles. The summed E-state index contributed by atoms with van der Waals surface area (Å²) in [5, 5.41) is 0. The molecule has 1 aromatic heterocycles. The first kappa shape index (κ1) is 12.1. The Kier molecular flexibility index (Phi) is 3.43. The largest absolute Gasteiger partial charge is 0.341 e. The highest BCUT2D eigenvalue weighted by Gasteiger charge is 2.25. The standard InChI is InChI=1S/C9H14N4O3S/c14-9(12-7-4-10-8-12)11-17(15,16)13-5-2-1-3-6-13/h4,7-8H,1-3,5-6H2,(H,11,14). The molecule has 0 bridgehead atoms. The highest BCUT2D eigenvalue weighted by molar-refractivity contribution is 7.87. The average Bonchev–Trinajstić information content (AvgIpc) is 2.83. The Balaban J connectivity index is 2.04. The SMILES string of the molecule is O=C(NS(=O)(=O)N1CCCCC1)n1ccnc1. The second kappa shape index (κ2) is 4.84. The van der Waals surface area contributed by atoms with Gasteiger partial charge in [0.2, 0.25) is 0 Å².